The van der Waals surface area contributed by atoms with E-state index < -0.39 is 0 Å². The lowest BCUT2D eigenvalue weighted by molar-refractivity contribution is 0.0762. The number of piperazine rings is 1. The van der Waals surface area contributed by atoms with Gasteiger partial charge < -0.3 is 9.64 Å². The second kappa shape index (κ2) is 8.54. The monoisotopic (exact) mass is 346 g/mol. The molecule has 25 heavy (non-hydrogen) atoms. The van der Waals surface area contributed by atoms with Crippen LogP contribution in [-0.4, -0.2) is 65.0 Å². The first kappa shape index (κ1) is 17.3. The quantitative estimate of drug-likeness (QED) is 0.742. The molecule has 1 aromatic rings. The summed E-state index contributed by atoms with van der Waals surface area (Å²) >= 11 is 0. The topological polar surface area (TPSA) is 33.5 Å². The zero-order valence-corrected chi connectivity index (χ0v) is 15.7. The minimum Gasteiger partial charge on any atom is -0.477 e. The maximum Gasteiger partial charge on any atom is 0.233 e. The third-order valence-corrected chi connectivity index (χ3v) is 6.26. The Morgan fingerprint density at radius 3 is 2.60 bits per heavy atom. The molecule has 3 aliphatic rings. The Morgan fingerprint density at radius 2 is 1.80 bits per heavy atom. The van der Waals surface area contributed by atoms with Crippen molar-refractivity contribution < 1.29 is 4.74 Å². The van der Waals surface area contributed by atoms with Crippen LogP contribution >= 0.6 is 0 Å². The van der Waals surface area contributed by atoms with Gasteiger partial charge in [0.05, 0.1) is 6.61 Å². The van der Waals surface area contributed by atoms with E-state index in [-0.39, 0.29) is 0 Å². The van der Waals surface area contributed by atoms with E-state index in [0.717, 1.165) is 44.5 Å². The van der Waals surface area contributed by atoms with E-state index >= 15 is 0 Å². The van der Waals surface area contributed by atoms with Crippen LogP contribution in [0.2, 0.25) is 0 Å². The molecular weight excluding hydrogens is 312 g/mol. The first-order valence-corrected chi connectivity index (χ1v) is 10.5. The summed E-state index contributed by atoms with van der Waals surface area (Å²) in [6, 6.07) is 3.02. The van der Waals surface area contributed by atoms with Gasteiger partial charge in [-0.15, -0.1) is 5.10 Å². The van der Waals surface area contributed by atoms with Gasteiger partial charge in [-0.3, -0.25) is 9.58 Å². The molecule has 3 heterocycles. The minimum absolute atomic E-state index is 0.791. The van der Waals surface area contributed by atoms with E-state index in [1.54, 1.807) is 0 Å². The number of fused-ring (bicyclic) bond motifs is 1. The van der Waals surface area contributed by atoms with Crippen molar-refractivity contribution in [3.63, 3.8) is 0 Å². The smallest absolute Gasteiger partial charge is 0.233 e. The molecule has 0 spiro atoms. The summed E-state index contributed by atoms with van der Waals surface area (Å²) in [5.41, 5.74) is 1.35. The van der Waals surface area contributed by atoms with Gasteiger partial charge in [0.15, 0.2) is 0 Å². The van der Waals surface area contributed by atoms with Gasteiger partial charge in [0, 0.05) is 57.1 Å². The summed E-state index contributed by atoms with van der Waals surface area (Å²) in [6.07, 6.45) is 12.0. The number of rotatable bonds is 6. The van der Waals surface area contributed by atoms with Gasteiger partial charge >= 0.3 is 0 Å². The number of hydrogen-bond donors (Lipinski definition) is 0. The molecule has 2 fully saturated rings. The number of hydrogen-bond acceptors (Lipinski definition) is 4. The fraction of sp³-hybridized carbons (Fsp3) is 0.850. The molecule has 2 aliphatic heterocycles. The summed E-state index contributed by atoms with van der Waals surface area (Å²) < 4.78 is 8.03. The lowest BCUT2D eigenvalue weighted by Crippen LogP contribution is -2.50. The lowest BCUT2D eigenvalue weighted by Gasteiger charge is -2.40. The highest BCUT2D eigenvalue weighted by Gasteiger charge is 2.24. The van der Waals surface area contributed by atoms with Crippen molar-refractivity contribution in [1.29, 1.82) is 0 Å². The molecule has 0 unspecified atom stereocenters. The highest BCUT2D eigenvalue weighted by molar-refractivity contribution is 5.16. The Morgan fingerprint density at radius 1 is 0.960 bits per heavy atom. The second-order valence-electron chi connectivity index (χ2n) is 8.03. The normalized spacial score (nSPS) is 23.5. The molecular formula is C20H34N4O. The van der Waals surface area contributed by atoms with Crippen molar-refractivity contribution in [2.75, 3.05) is 39.3 Å². The third kappa shape index (κ3) is 4.56. The number of ether oxygens (including phenoxy) is 1. The van der Waals surface area contributed by atoms with Crippen LogP contribution in [0.25, 0.3) is 0 Å². The fourth-order valence-corrected chi connectivity index (χ4v) is 4.73. The molecule has 1 aliphatic carbocycles. The van der Waals surface area contributed by atoms with Crippen LogP contribution in [0.3, 0.4) is 0 Å². The van der Waals surface area contributed by atoms with Gasteiger partial charge in [-0.25, -0.2) is 0 Å². The average molecular weight is 347 g/mol. The SMILES string of the molecule is c1c(OCCCN2CCN(C3CCCCC3)CC2)nn2c1CCCC2. The number of aromatic nitrogens is 2. The van der Waals surface area contributed by atoms with E-state index in [1.807, 2.05) is 0 Å². The van der Waals surface area contributed by atoms with Crippen molar-refractivity contribution in [3.05, 3.63) is 11.8 Å². The molecule has 0 aromatic carbocycles. The van der Waals surface area contributed by atoms with Crippen LogP contribution in [0.15, 0.2) is 6.07 Å². The Kier molecular flexibility index (Phi) is 5.93. The third-order valence-electron chi connectivity index (χ3n) is 6.26. The Bertz CT molecular complexity index is 506. The summed E-state index contributed by atoms with van der Waals surface area (Å²) in [7, 11) is 0. The molecule has 4 rings (SSSR count). The molecule has 0 atom stereocenters. The second-order valence-corrected chi connectivity index (χ2v) is 8.03. The minimum atomic E-state index is 0.791. The molecule has 5 nitrogen and oxygen atoms in total. The van der Waals surface area contributed by atoms with Crippen LogP contribution < -0.4 is 4.74 Å². The molecule has 0 bridgehead atoms. The first-order valence-electron chi connectivity index (χ1n) is 10.5. The summed E-state index contributed by atoms with van der Waals surface area (Å²) in [5.74, 6) is 0.832. The van der Waals surface area contributed by atoms with Crippen LogP contribution in [-0.2, 0) is 13.0 Å². The van der Waals surface area contributed by atoms with Gasteiger partial charge in [-0.1, -0.05) is 19.3 Å². The van der Waals surface area contributed by atoms with E-state index in [2.05, 4.69) is 25.6 Å². The van der Waals surface area contributed by atoms with Crippen molar-refractivity contribution in [1.82, 2.24) is 19.6 Å². The molecule has 1 aromatic heterocycles. The van der Waals surface area contributed by atoms with Gasteiger partial charge in [0.25, 0.3) is 0 Å². The van der Waals surface area contributed by atoms with Crippen LogP contribution in [0.5, 0.6) is 5.88 Å². The van der Waals surface area contributed by atoms with Gasteiger partial charge in [-0.05, 0) is 38.5 Å². The van der Waals surface area contributed by atoms with Crippen molar-refractivity contribution in [2.24, 2.45) is 0 Å². The maximum atomic E-state index is 5.90. The molecule has 140 valence electrons. The largest absolute Gasteiger partial charge is 0.477 e. The summed E-state index contributed by atoms with van der Waals surface area (Å²) in [4.78, 5) is 5.36. The predicted octanol–water partition coefficient (Wildman–Crippen LogP) is 2.94. The summed E-state index contributed by atoms with van der Waals surface area (Å²) in [6.45, 7) is 8.00. The van der Waals surface area contributed by atoms with E-state index in [1.165, 1.54) is 76.8 Å². The van der Waals surface area contributed by atoms with Crippen molar-refractivity contribution >= 4 is 0 Å². The molecule has 0 radical (unpaired) electrons. The molecule has 5 heteroatoms. The standard InChI is InChI=1S/C20H34N4O/c1-2-7-18(8-3-1)23-14-12-22(13-15-23)10-6-16-25-20-17-19-9-4-5-11-24(19)21-20/h17-18H,1-16H2. The summed E-state index contributed by atoms with van der Waals surface area (Å²) in [5, 5.41) is 4.57. The van der Waals surface area contributed by atoms with E-state index in [9.17, 15) is 0 Å². The van der Waals surface area contributed by atoms with Gasteiger partial charge in [0.1, 0.15) is 0 Å². The van der Waals surface area contributed by atoms with Crippen LogP contribution in [0.4, 0.5) is 0 Å². The van der Waals surface area contributed by atoms with Gasteiger partial charge in [0.2, 0.25) is 5.88 Å². The molecule has 1 saturated carbocycles. The highest BCUT2D eigenvalue weighted by atomic mass is 16.5. The predicted molar refractivity (Wildman–Crippen MR) is 100 cm³/mol. The zero-order chi connectivity index (χ0) is 16.9. The average Bonchev–Trinajstić information content (AvgIpc) is 3.09. The van der Waals surface area contributed by atoms with Crippen LogP contribution in [0.1, 0.15) is 57.1 Å². The van der Waals surface area contributed by atoms with Gasteiger partial charge in [-0.2, -0.15) is 0 Å². The molecule has 0 amide bonds. The van der Waals surface area contributed by atoms with E-state index in [0.29, 0.717) is 0 Å². The Hall–Kier alpha value is -1.07. The molecule has 1 saturated heterocycles. The Labute approximate surface area is 152 Å². The maximum absolute atomic E-state index is 5.90. The highest BCUT2D eigenvalue weighted by Crippen LogP contribution is 2.23. The van der Waals surface area contributed by atoms with E-state index in [4.69, 9.17) is 4.74 Å². The molecule has 0 N–H and O–H groups in total. The first-order chi connectivity index (χ1) is 12.4. The number of nitrogens with zero attached hydrogens (tertiary/aromatic N) is 4. The van der Waals surface area contributed by atoms with Crippen molar-refractivity contribution in [2.45, 2.75) is 70.4 Å². The zero-order valence-electron chi connectivity index (χ0n) is 15.7. The Balaban J connectivity index is 1.12. The van der Waals surface area contributed by atoms with Crippen molar-refractivity contribution in [3.8, 4) is 5.88 Å². The lowest BCUT2D eigenvalue weighted by atomic mass is 9.94. The van der Waals surface area contributed by atoms with Crippen LogP contribution in [0, 0.1) is 0 Å². The fourth-order valence-electron chi connectivity index (χ4n) is 4.73. The number of aryl methyl sites for hydroxylation is 2.